The monoisotopic (exact) mass is 358 g/mol. The fourth-order valence-electron chi connectivity index (χ4n) is 3.10. The van der Waals surface area contributed by atoms with E-state index in [0.29, 0.717) is 0 Å². The molecule has 1 saturated heterocycles. The maximum atomic E-state index is 6.34. The maximum absolute atomic E-state index is 6.34. The molecule has 0 N–H and O–H groups in total. The number of rotatable bonds is 1. The van der Waals surface area contributed by atoms with Gasteiger partial charge >= 0.3 is 0 Å². The summed E-state index contributed by atoms with van der Waals surface area (Å²) in [6, 6.07) is 8.45. The summed E-state index contributed by atoms with van der Waals surface area (Å²) in [5.41, 5.74) is 1.27. The third-order valence-corrected chi connectivity index (χ3v) is 4.98. The summed E-state index contributed by atoms with van der Waals surface area (Å²) in [4.78, 5) is 0. The first-order valence-electron chi connectivity index (χ1n) is 6.80. The lowest BCUT2D eigenvalue weighted by Gasteiger charge is -2.32. The molecule has 2 aliphatic rings. The average molecular weight is 358 g/mol. The molecule has 3 rings (SSSR count). The zero-order valence-electron chi connectivity index (χ0n) is 10.7. The van der Waals surface area contributed by atoms with Crippen LogP contribution in [0.15, 0.2) is 24.3 Å². The van der Waals surface area contributed by atoms with E-state index in [1.165, 1.54) is 28.4 Å². The van der Waals surface area contributed by atoms with E-state index < -0.39 is 0 Å². The summed E-state index contributed by atoms with van der Waals surface area (Å²) in [6.07, 6.45) is 6.12. The van der Waals surface area contributed by atoms with E-state index in [1.807, 2.05) is 0 Å². The van der Waals surface area contributed by atoms with Gasteiger partial charge in [-0.1, -0.05) is 24.6 Å². The molecule has 2 fully saturated rings. The van der Waals surface area contributed by atoms with Crippen LogP contribution in [0.1, 0.15) is 50.7 Å². The Morgan fingerprint density at radius 2 is 1.83 bits per heavy atom. The highest BCUT2D eigenvalue weighted by atomic mass is 127. The Bertz CT molecular complexity index is 426. The van der Waals surface area contributed by atoms with Gasteiger partial charge in [0.2, 0.25) is 0 Å². The zero-order valence-corrected chi connectivity index (χ0v) is 12.9. The van der Waals surface area contributed by atoms with Gasteiger partial charge in [0.1, 0.15) is 6.10 Å². The van der Waals surface area contributed by atoms with Crippen molar-refractivity contribution in [1.29, 1.82) is 0 Å². The van der Waals surface area contributed by atoms with E-state index in [9.17, 15) is 0 Å². The van der Waals surface area contributed by atoms with E-state index in [0.717, 1.165) is 12.8 Å². The van der Waals surface area contributed by atoms with Crippen LogP contribution in [0.4, 0.5) is 0 Å². The Labute approximate surface area is 122 Å². The molecule has 1 aliphatic carbocycles. The van der Waals surface area contributed by atoms with E-state index in [-0.39, 0.29) is 18.0 Å². The molecule has 0 aromatic heterocycles. The van der Waals surface area contributed by atoms with Crippen molar-refractivity contribution in [1.82, 2.24) is 0 Å². The summed E-state index contributed by atoms with van der Waals surface area (Å²) >= 11 is 2.38. The topological polar surface area (TPSA) is 18.5 Å². The molecule has 3 heteroatoms. The normalized spacial score (nSPS) is 30.8. The van der Waals surface area contributed by atoms with Crippen LogP contribution in [0.2, 0.25) is 0 Å². The Hall–Kier alpha value is -0.130. The fourth-order valence-corrected chi connectivity index (χ4v) is 3.80. The Morgan fingerprint density at radius 3 is 2.56 bits per heavy atom. The van der Waals surface area contributed by atoms with Gasteiger partial charge in [0, 0.05) is 16.4 Å². The van der Waals surface area contributed by atoms with Gasteiger partial charge < -0.3 is 9.47 Å². The average Bonchev–Trinajstić information content (AvgIpc) is 2.67. The molecular formula is C15H19IO2. The molecule has 98 valence electrons. The molecule has 1 aromatic carbocycles. The molecule has 0 radical (unpaired) electrons. The minimum absolute atomic E-state index is 0.0937. The van der Waals surface area contributed by atoms with Crippen LogP contribution in [0.3, 0.4) is 0 Å². The standard InChI is InChI=1S/C15H19IO2/c1-11-14(12-7-3-4-8-13(12)16)18-15(17-11)9-5-2-6-10-15/h3-4,7-8,11,14H,2,5-6,9-10H2,1H3/t11-,14-/m1/s1. The van der Waals surface area contributed by atoms with Crippen molar-refractivity contribution in [2.45, 2.75) is 57.0 Å². The minimum Gasteiger partial charge on any atom is -0.344 e. The largest absolute Gasteiger partial charge is 0.344 e. The first kappa shape index (κ1) is 12.9. The highest BCUT2D eigenvalue weighted by Gasteiger charge is 2.46. The summed E-state index contributed by atoms with van der Waals surface area (Å²) in [5, 5.41) is 0. The molecule has 2 atom stereocenters. The molecule has 2 nitrogen and oxygen atoms in total. The van der Waals surface area contributed by atoms with Gasteiger partial charge in [-0.3, -0.25) is 0 Å². The number of ether oxygens (including phenoxy) is 2. The van der Waals surface area contributed by atoms with Gasteiger partial charge in [0.25, 0.3) is 0 Å². The van der Waals surface area contributed by atoms with Gasteiger partial charge in [-0.2, -0.15) is 0 Å². The molecule has 1 aromatic rings. The summed E-state index contributed by atoms with van der Waals surface area (Å²) in [6.45, 7) is 2.14. The SMILES string of the molecule is C[C@H]1OC2(CCCCC2)O[C@H]1c1ccccc1I. The van der Waals surface area contributed by atoms with Gasteiger partial charge in [0.15, 0.2) is 5.79 Å². The van der Waals surface area contributed by atoms with Gasteiger partial charge in [-0.15, -0.1) is 0 Å². The van der Waals surface area contributed by atoms with Crippen molar-refractivity contribution in [3.8, 4) is 0 Å². The zero-order chi connectivity index (χ0) is 12.6. The van der Waals surface area contributed by atoms with Crippen molar-refractivity contribution in [2.75, 3.05) is 0 Å². The van der Waals surface area contributed by atoms with E-state index in [1.54, 1.807) is 0 Å². The highest BCUT2D eigenvalue weighted by molar-refractivity contribution is 14.1. The van der Waals surface area contributed by atoms with Crippen LogP contribution >= 0.6 is 22.6 Å². The van der Waals surface area contributed by atoms with Crippen LogP contribution < -0.4 is 0 Å². The minimum atomic E-state index is -0.290. The first-order chi connectivity index (χ1) is 8.70. The van der Waals surface area contributed by atoms with Crippen LogP contribution in [-0.2, 0) is 9.47 Å². The fraction of sp³-hybridized carbons (Fsp3) is 0.600. The number of benzene rings is 1. The second-order valence-corrected chi connectivity index (χ2v) is 6.52. The molecule has 18 heavy (non-hydrogen) atoms. The molecular weight excluding hydrogens is 339 g/mol. The number of hydrogen-bond acceptors (Lipinski definition) is 2. The molecule has 1 saturated carbocycles. The lowest BCUT2D eigenvalue weighted by Crippen LogP contribution is -2.33. The maximum Gasteiger partial charge on any atom is 0.169 e. The van der Waals surface area contributed by atoms with E-state index in [2.05, 4.69) is 53.8 Å². The molecule has 1 heterocycles. The van der Waals surface area contributed by atoms with Crippen LogP contribution in [0.5, 0.6) is 0 Å². The van der Waals surface area contributed by atoms with E-state index >= 15 is 0 Å². The van der Waals surface area contributed by atoms with Crippen molar-refractivity contribution in [2.24, 2.45) is 0 Å². The molecule has 0 bridgehead atoms. The summed E-state index contributed by atoms with van der Waals surface area (Å²) in [5.74, 6) is -0.290. The third kappa shape index (κ3) is 2.32. The Kier molecular flexibility index (Phi) is 3.65. The molecule has 1 spiro atoms. The van der Waals surface area contributed by atoms with Crippen molar-refractivity contribution >= 4 is 22.6 Å². The Balaban J connectivity index is 1.84. The van der Waals surface area contributed by atoms with Crippen molar-refractivity contribution in [3.05, 3.63) is 33.4 Å². The molecule has 0 unspecified atom stereocenters. The highest BCUT2D eigenvalue weighted by Crippen LogP contribution is 2.46. The Morgan fingerprint density at radius 1 is 1.11 bits per heavy atom. The second-order valence-electron chi connectivity index (χ2n) is 5.35. The van der Waals surface area contributed by atoms with E-state index in [4.69, 9.17) is 9.47 Å². The van der Waals surface area contributed by atoms with Crippen LogP contribution in [0.25, 0.3) is 0 Å². The van der Waals surface area contributed by atoms with Crippen LogP contribution in [0, 0.1) is 3.57 Å². The lowest BCUT2D eigenvalue weighted by molar-refractivity contribution is -0.193. The van der Waals surface area contributed by atoms with Crippen molar-refractivity contribution in [3.63, 3.8) is 0 Å². The molecule has 0 amide bonds. The second kappa shape index (κ2) is 5.10. The quantitative estimate of drug-likeness (QED) is 0.692. The summed E-state index contributed by atoms with van der Waals surface area (Å²) < 4.78 is 13.8. The van der Waals surface area contributed by atoms with Crippen molar-refractivity contribution < 1.29 is 9.47 Å². The summed E-state index contributed by atoms with van der Waals surface area (Å²) in [7, 11) is 0. The molecule has 1 aliphatic heterocycles. The van der Waals surface area contributed by atoms with Gasteiger partial charge in [-0.25, -0.2) is 0 Å². The third-order valence-electron chi connectivity index (χ3n) is 4.00. The van der Waals surface area contributed by atoms with Crippen LogP contribution in [-0.4, -0.2) is 11.9 Å². The van der Waals surface area contributed by atoms with Gasteiger partial charge in [0.05, 0.1) is 6.10 Å². The predicted molar refractivity (Wildman–Crippen MR) is 79.3 cm³/mol. The lowest BCUT2D eigenvalue weighted by atomic mass is 9.94. The van der Waals surface area contributed by atoms with Gasteiger partial charge in [-0.05, 0) is 54.0 Å². The predicted octanol–water partition coefficient (Wildman–Crippen LogP) is 4.43. The smallest absolute Gasteiger partial charge is 0.169 e. The number of halogens is 1. The first-order valence-corrected chi connectivity index (χ1v) is 7.88. The number of hydrogen-bond donors (Lipinski definition) is 0.